The third-order valence-electron chi connectivity index (χ3n) is 7.61. The molecule has 0 saturated carbocycles. The number of fused-ring (bicyclic) bond motifs is 3. The monoisotopic (exact) mass is 769 g/mol. The van der Waals surface area contributed by atoms with Crippen LogP contribution in [0.5, 0.6) is 5.75 Å². The molecule has 0 unspecified atom stereocenters. The van der Waals surface area contributed by atoms with Crippen molar-refractivity contribution in [3.63, 3.8) is 0 Å². The largest absolute Gasteiger partial charge is 1.00 e. The quantitative estimate of drug-likeness (QED) is 0.123. The van der Waals surface area contributed by atoms with Crippen LogP contribution in [0.3, 0.4) is 0 Å². The van der Waals surface area contributed by atoms with Gasteiger partial charge in [0.05, 0.1) is 11.3 Å². The second-order valence-corrected chi connectivity index (χ2v) is 11.6. The summed E-state index contributed by atoms with van der Waals surface area (Å²) in [6, 6.07) is 33.4. The third-order valence-corrected chi connectivity index (χ3v) is 7.85. The molecular formula is C39H37Cl3F3N5O2. The third kappa shape index (κ3) is 11.4. The van der Waals surface area contributed by atoms with Gasteiger partial charge in [-0.3, -0.25) is 4.57 Å². The zero-order chi connectivity index (χ0) is 35.3. The van der Waals surface area contributed by atoms with Gasteiger partial charge in [0.15, 0.2) is 12.4 Å². The van der Waals surface area contributed by atoms with E-state index in [1.807, 2.05) is 55.5 Å². The van der Waals surface area contributed by atoms with Gasteiger partial charge in [-0.25, -0.2) is 9.98 Å². The minimum atomic E-state index is -4.55. The Labute approximate surface area is 318 Å². The van der Waals surface area contributed by atoms with Crippen molar-refractivity contribution in [3.05, 3.63) is 151 Å². The molecule has 0 amide bonds. The van der Waals surface area contributed by atoms with E-state index in [2.05, 4.69) is 67.9 Å². The summed E-state index contributed by atoms with van der Waals surface area (Å²) in [7, 11) is 0. The highest BCUT2D eigenvalue weighted by Gasteiger charge is 2.34. The normalized spacial score (nSPS) is 11.6. The number of aliphatic imine (C=N–C) groups is 1. The standard InChI is InChI=1S/C15H15ClF3N3O.C12H12N2.C12H10O.2ClH/c1-2-7-23-9-14(22-6-5-20-10-22)21-13-4-3-11(16)8-12(13)15(17,18)19;1-3-7-13-9-10-14-8-4-2-6-12(14)11(13)5-1;13-12-9-5-4-8-11(12)10-6-2-1-3-7-10;;/h3-6,8,10H,2,7,9H2,1H3;1-8H,9-10H2;1-9,13H;2*1H/q;+2;;;/p-2. The smallest absolute Gasteiger partial charge is 0.418 e. The van der Waals surface area contributed by atoms with Crippen LogP contribution in [0.1, 0.15) is 18.9 Å². The van der Waals surface area contributed by atoms with Crippen molar-refractivity contribution in [1.82, 2.24) is 9.55 Å². The fourth-order valence-corrected chi connectivity index (χ4v) is 5.39. The van der Waals surface area contributed by atoms with Gasteiger partial charge < -0.3 is 34.7 Å². The molecule has 3 aromatic heterocycles. The van der Waals surface area contributed by atoms with Crippen LogP contribution in [-0.4, -0.2) is 33.7 Å². The number of alkyl halides is 3. The number of aromatic hydroxyl groups is 1. The number of halogens is 6. The summed E-state index contributed by atoms with van der Waals surface area (Å²) in [5.41, 5.74) is 3.42. The average molecular weight is 771 g/mol. The first kappa shape index (κ1) is 41.7. The SMILES string of the molecule is CCCOCC(=Nc1ccc(Cl)cc1C(F)(F)F)n1ccnc1.Oc1ccccc1-c1ccccc1.[Cl-].[Cl-].c1cc[n+]2c(c1)-c1cccc[n+]1CC2. The van der Waals surface area contributed by atoms with Crippen LogP contribution >= 0.6 is 11.6 Å². The van der Waals surface area contributed by atoms with Crippen molar-refractivity contribution in [3.8, 4) is 28.3 Å². The molecule has 7 rings (SSSR count). The van der Waals surface area contributed by atoms with E-state index in [9.17, 15) is 18.3 Å². The van der Waals surface area contributed by atoms with Crippen LogP contribution in [-0.2, 0) is 24.0 Å². The van der Waals surface area contributed by atoms with Crippen molar-refractivity contribution in [1.29, 1.82) is 0 Å². The number of imidazole rings is 1. The molecule has 0 aliphatic carbocycles. The molecule has 3 aromatic carbocycles. The van der Waals surface area contributed by atoms with Crippen molar-refractivity contribution >= 4 is 23.1 Å². The molecule has 0 saturated heterocycles. The van der Waals surface area contributed by atoms with Gasteiger partial charge in [0.2, 0.25) is 13.1 Å². The van der Waals surface area contributed by atoms with Gasteiger partial charge in [-0.05, 0) is 48.4 Å². The minimum Gasteiger partial charge on any atom is -1.00 e. The second kappa shape index (κ2) is 20.3. The van der Waals surface area contributed by atoms with Crippen molar-refractivity contribution in [2.75, 3.05) is 13.2 Å². The van der Waals surface area contributed by atoms with Crippen LogP contribution in [0.2, 0.25) is 5.02 Å². The number of hydrogen-bond donors (Lipinski definition) is 1. The van der Waals surface area contributed by atoms with Crippen molar-refractivity contribution in [2.45, 2.75) is 32.6 Å². The Bertz CT molecular complexity index is 1970. The molecule has 13 heteroatoms. The fraction of sp³-hybridized carbons (Fsp3) is 0.179. The number of rotatable bonds is 6. The Morgan fingerprint density at radius 1 is 0.865 bits per heavy atom. The highest BCUT2D eigenvalue weighted by atomic mass is 35.5. The average Bonchev–Trinajstić information content (AvgIpc) is 3.68. The summed E-state index contributed by atoms with van der Waals surface area (Å²) in [4.78, 5) is 8.00. The molecule has 6 aromatic rings. The van der Waals surface area contributed by atoms with E-state index in [0.29, 0.717) is 18.2 Å². The first-order chi connectivity index (χ1) is 24.2. The van der Waals surface area contributed by atoms with E-state index >= 15 is 0 Å². The molecule has 1 aliphatic rings. The molecule has 0 fully saturated rings. The summed E-state index contributed by atoms with van der Waals surface area (Å²) < 4.78 is 51.0. The highest BCUT2D eigenvalue weighted by molar-refractivity contribution is 6.30. The Morgan fingerprint density at radius 2 is 1.48 bits per heavy atom. The maximum Gasteiger partial charge on any atom is 0.418 e. The maximum atomic E-state index is 13.1. The summed E-state index contributed by atoms with van der Waals surface area (Å²) >= 11 is 5.67. The van der Waals surface area contributed by atoms with E-state index in [-0.39, 0.29) is 42.1 Å². The number of phenols is 1. The lowest BCUT2D eigenvalue weighted by Gasteiger charge is -2.13. The highest BCUT2D eigenvalue weighted by Crippen LogP contribution is 2.38. The predicted molar refractivity (Wildman–Crippen MR) is 188 cm³/mol. The first-order valence-corrected chi connectivity index (χ1v) is 16.4. The number of para-hydroxylation sites is 1. The second-order valence-electron chi connectivity index (χ2n) is 11.2. The zero-order valence-electron chi connectivity index (χ0n) is 28.2. The Kier molecular flexibility index (Phi) is 16.3. The molecule has 0 atom stereocenters. The zero-order valence-corrected chi connectivity index (χ0v) is 30.4. The van der Waals surface area contributed by atoms with Crippen LogP contribution in [0.25, 0.3) is 22.5 Å². The molecular weight excluding hydrogens is 734 g/mol. The van der Waals surface area contributed by atoms with Crippen LogP contribution in [0, 0.1) is 0 Å². The topological polar surface area (TPSA) is 67.4 Å². The molecule has 272 valence electrons. The molecule has 4 heterocycles. The number of nitrogens with zero attached hydrogens (tertiary/aromatic N) is 5. The van der Waals surface area contributed by atoms with Gasteiger partial charge >= 0.3 is 6.18 Å². The van der Waals surface area contributed by atoms with Crippen LogP contribution in [0.4, 0.5) is 18.9 Å². The van der Waals surface area contributed by atoms with E-state index in [1.165, 1.54) is 40.6 Å². The van der Waals surface area contributed by atoms with E-state index in [1.54, 1.807) is 12.3 Å². The first-order valence-electron chi connectivity index (χ1n) is 16.1. The predicted octanol–water partition coefficient (Wildman–Crippen LogP) is 2.57. The molecule has 1 N–H and O–H groups in total. The molecule has 52 heavy (non-hydrogen) atoms. The van der Waals surface area contributed by atoms with Gasteiger partial charge in [-0.1, -0.05) is 67.1 Å². The Morgan fingerprint density at radius 3 is 2.06 bits per heavy atom. The number of pyridine rings is 2. The maximum absolute atomic E-state index is 13.1. The van der Waals surface area contributed by atoms with Gasteiger partial charge in [0, 0.05) is 53.9 Å². The van der Waals surface area contributed by atoms with Gasteiger partial charge in [-0.15, -0.1) is 0 Å². The molecule has 7 nitrogen and oxygen atoms in total. The van der Waals surface area contributed by atoms with Gasteiger partial charge in [-0.2, -0.15) is 22.3 Å². The lowest BCUT2D eigenvalue weighted by atomic mass is 10.1. The molecule has 0 spiro atoms. The molecule has 0 bridgehead atoms. The fourth-order valence-electron chi connectivity index (χ4n) is 5.21. The van der Waals surface area contributed by atoms with Crippen molar-refractivity contribution < 1.29 is 57.0 Å². The number of benzene rings is 3. The van der Waals surface area contributed by atoms with Crippen LogP contribution in [0.15, 0.2) is 145 Å². The van der Waals surface area contributed by atoms with E-state index in [0.717, 1.165) is 36.7 Å². The summed E-state index contributed by atoms with van der Waals surface area (Å²) in [5, 5.41) is 9.57. The number of phenolic OH excluding ortho intramolecular Hbond substituents is 1. The lowest BCUT2D eigenvalue weighted by molar-refractivity contribution is -0.794. The molecule has 0 radical (unpaired) electrons. The number of ether oxygens (including phenoxy) is 1. The summed E-state index contributed by atoms with van der Waals surface area (Å²) in [5.74, 6) is 0.637. The summed E-state index contributed by atoms with van der Waals surface area (Å²) in [6.45, 7) is 4.63. The van der Waals surface area contributed by atoms with Gasteiger partial charge in [0.1, 0.15) is 24.5 Å². The number of aromatic nitrogens is 4. The van der Waals surface area contributed by atoms with Gasteiger partial charge in [0.25, 0.3) is 11.4 Å². The number of hydrogen-bond acceptors (Lipinski definition) is 4. The molecule has 1 aliphatic heterocycles. The summed E-state index contributed by atoms with van der Waals surface area (Å²) in [6.07, 6.45) is 5.11. The Hall–Kier alpha value is -4.74. The van der Waals surface area contributed by atoms with Crippen molar-refractivity contribution in [2.24, 2.45) is 4.99 Å². The lowest BCUT2D eigenvalue weighted by Crippen LogP contribution is -3.00. The minimum absolute atomic E-state index is 0. The number of aryl methyl sites for hydroxylation is 2. The van der Waals surface area contributed by atoms with E-state index < -0.39 is 11.7 Å². The Balaban J connectivity index is 0.000000217. The van der Waals surface area contributed by atoms with Crippen LogP contribution < -0.4 is 33.9 Å². The van der Waals surface area contributed by atoms with E-state index in [4.69, 9.17) is 16.3 Å².